The molecule has 18 heavy (non-hydrogen) atoms. The molecular formula is C13H16O4S. The fourth-order valence-electron chi connectivity index (χ4n) is 1.85. The standard InChI is InChI=1S/C13H16O4S/c1-13(2,18-7-12(14)15)6-9-3-4-10-11(5-9)17-8-16-10/h3-5H,6-8H2,1-2H3,(H,14,15). The van der Waals surface area contributed by atoms with Crippen LogP contribution in [-0.2, 0) is 11.2 Å². The monoisotopic (exact) mass is 268 g/mol. The molecule has 1 aromatic carbocycles. The number of hydrogen-bond acceptors (Lipinski definition) is 4. The van der Waals surface area contributed by atoms with E-state index in [-0.39, 0.29) is 17.3 Å². The lowest BCUT2D eigenvalue weighted by molar-refractivity contribution is -0.133. The van der Waals surface area contributed by atoms with Crippen LogP contribution in [0.4, 0.5) is 0 Å². The van der Waals surface area contributed by atoms with E-state index in [0.29, 0.717) is 0 Å². The Balaban J connectivity index is 2.02. The summed E-state index contributed by atoms with van der Waals surface area (Å²) in [6.45, 7) is 4.37. The van der Waals surface area contributed by atoms with Gasteiger partial charge in [-0.1, -0.05) is 19.9 Å². The van der Waals surface area contributed by atoms with Crippen LogP contribution in [-0.4, -0.2) is 28.4 Å². The van der Waals surface area contributed by atoms with Gasteiger partial charge in [0.1, 0.15) is 0 Å². The normalized spacial score (nSPS) is 13.7. The van der Waals surface area contributed by atoms with Gasteiger partial charge < -0.3 is 14.6 Å². The summed E-state index contributed by atoms with van der Waals surface area (Å²) >= 11 is 1.44. The van der Waals surface area contributed by atoms with Gasteiger partial charge >= 0.3 is 5.97 Å². The fraction of sp³-hybridized carbons (Fsp3) is 0.462. The van der Waals surface area contributed by atoms with Crippen molar-refractivity contribution in [2.75, 3.05) is 12.5 Å². The first kappa shape index (κ1) is 13.1. The molecule has 0 radical (unpaired) electrons. The van der Waals surface area contributed by atoms with Gasteiger partial charge in [-0.15, -0.1) is 11.8 Å². The molecule has 0 unspecified atom stereocenters. The minimum atomic E-state index is -0.779. The molecule has 4 nitrogen and oxygen atoms in total. The second-order valence-electron chi connectivity index (χ2n) is 4.81. The number of ether oxygens (including phenoxy) is 2. The van der Waals surface area contributed by atoms with Gasteiger partial charge in [0.05, 0.1) is 5.75 Å². The summed E-state index contributed by atoms with van der Waals surface area (Å²) in [5, 5.41) is 8.71. The summed E-state index contributed by atoms with van der Waals surface area (Å²) in [4.78, 5) is 10.6. The van der Waals surface area contributed by atoms with Crippen molar-refractivity contribution in [1.82, 2.24) is 0 Å². The van der Waals surface area contributed by atoms with Crippen LogP contribution in [0.3, 0.4) is 0 Å². The first-order valence-electron chi connectivity index (χ1n) is 5.70. The Morgan fingerprint density at radius 1 is 1.39 bits per heavy atom. The van der Waals surface area contributed by atoms with Crippen molar-refractivity contribution in [3.8, 4) is 11.5 Å². The zero-order valence-electron chi connectivity index (χ0n) is 10.4. The van der Waals surface area contributed by atoms with Gasteiger partial charge in [0.2, 0.25) is 6.79 Å². The van der Waals surface area contributed by atoms with Crippen LogP contribution in [0.25, 0.3) is 0 Å². The number of carboxylic acid groups (broad SMARTS) is 1. The molecule has 1 aliphatic rings. The largest absolute Gasteiger partial charge is 0.481 e. The lowest BCUT2D eigenvalue weighted by Crippen LogP contribution is -2.20. The Bertz CT molecular complexity index is 456. The third-order valence-electron chi connectivity index (χ3n) is 2.65. The van der Waals surface area contributed by atoms with Crippen LogP contribution in [0.15, 0.2) is 18.2 Å². The van der Waals surface area contributed by atoms with E-state index in [2.05, 4.69) is 0 Å². The molecule has 2 rings (SSSR count). The molecule has 1 aliphatic heterocycles. The maximum Gasteiger partial charge on any atom is 0.313 e. The van der Waals surface area contributed by atoms with Crippen molar-refractivity contribution in [3.05, 3.63) is 23.8 Å². The summed E-state index contributed by atoms with van der Waals surface area (Å²) in [6.07, 6.45) is 0.793. The third-order valence-corrected chi connectivity index (χ3v) is 3.97. The number of thioether (sulfide) groups is 1. The molecule has 1 heterocycles. The second kappa shape index (κ2) is 5.10. The van der Waals surface area contributed by atoms with Crippen LogP contribution < -0.4 is 9.47 Å². The molecule has 0 atom stereocenters. The Morgan fingerprint density at radius 2 is 2.11 bits per heavy atom. The maximum absolute atomic E-state index is 10.6. The molecule has 0 spiro atoms. The van der Waals surface area contributed by atoms with E-state index >= 15 is 0 Å². The highest BCUT2D eigenvalue weighted by atomic mass is 32.2. The quantitative estimate of drug-likeness (QED) is 0.889. The van der Waals surface area contributed by atoms with Crippen LogP contribution in [0.2, 0.25) is 0 Å². The molecule has 5 heteroatoms. The highest BCUT2D eigenvalue weighted by Gasteiger charge is 2.22. The van der Waals surface area contributed by atoms with E-state index in [0.717, 1.165) is 23.5 Å². The lowest BCUT2D eigenvalue weighted by Gasteiger charge is -2.23. The first-order valence-corrected chi connectivity index (χ1v) is 6.69. The topological polar surface area (TPSA) is 55.8 Å². The molecule has 0 saturated heterocycles. The lowest BCUT2D eigenvalue weighted by atomic mass is 10.0. The minimum absolute atomic E-state index is 0.119. The molecule has 1 aromatic rings. The van der Waals surface area contributed by atoms with Crippen LogP contribution >= 0.6 is 11.8 Å². The van der Waals surface area contributed by atoms with Gasteiger partial charge in [0.15, 0.2) is 11.5 Å². The van der Waals surface area contributed by atoms with E-state index in [1.54, 1.807) is 0 Å². The van der Waals surface area contributed by atoms with Crippen molar-refractivity contribution < 1.29 is 19.4 Å². The molecule has 0 fully saturated rings. The highest BCUT2D eigenvalue weighted by Crippen LogP contribution is 2.35. The van der Waals surface area contributed by atoms with Crippen molar-refractivity contribution in [1.29, 1.82) is 0 Å². The molecule has 0 aliphatic carbocycles. The number of fused-ring (bicyclic) bond motifs is 1. The Kier molecular flexibility index (Phi) is 3.71. The maximum atomic E-state index is 10.6. The van der Waals surface area contributed by atoms with Gasteiger partial charge in [-0.3, -0.25) is 4.79 Å². The molecule has 0 amide bonds. The summed E-state index contributed by atoms with van der Waals surface area (Å²) in [5.41, 5.74) is 1.13. The minimum Gasteiger partial charge on any atom is -0.481 e. The van der Waals surface area contributed by atoms with E-state index in [9.17, 15) is 4.79 Å². The van der Waals surface area contributed by atoms with Gasteiger partial charge in [-0.2, -0.15) is 0 Å². The molecular weight excluding hydrogens is 252 g/mol. The van der Waals surface area contributed by atoms with Gasteiger partial charge in [-0.25, -0.2) is 0 Å². The highest BCUT2D eigenvalue weighted by molar-refractivity contribution is 8.01. The Labute approximate surface area is 110 Å². The van der Waals surface area contributed by atoms with Crippen molar-refractivity contribution in [2.45, 2.75) is 25.0 Å². The number of benzene rings is 1. The van der Waals surface area contributed by atoms with Gasteiger partial charge in [0.25, 0.3) is 0 Å². The van der Waals surface area contributed by atoms with E-state index in [4.69, 9.17) is 14.6 Å². The number of hydrogen-bond donors (Lipinski definition) is 1. The van der Waals surface area contributed by atoms with Crippen LogP contribution in [0.1, 0.15) is 19.4 Å². The molecule has 0 saturated carbocycles. The SMILES string of the molecule is CC(C)(Cc1ccc2c(c1)OCO2)SCC(=O)O. The van der Waals surface area contributed by atoms with E-state index in [1.807, 2.05) is 32.0 Å². The number of aliphatic carboxylic acids is 1. The van der Waals surface area contributed by atoms with Gasteiger partial charge in [0, 0.05) is 4.75 Å². The van der Waals surface area contributed by atoms with E-state index < -0.39 is 5.97 Å². The van der Waals surface area contributed by atoms with E-state index in [1.165, 1.54) is 11.8 Å². The Hall–Kier alpha value is -1.36. The zero-order chi connectivity index (χ0) is 13.2. The molecule has 0 aromatic heterocycles. The summed E-state index contributed by atoms with van der Waals surface area (Å²) in [5.74, 6) is 0.886. The van der Waals surface area contributed by atoms with Gasteiger partial charge in [-0.05, 0) is 24.1 Å². The average molecular weight is 268 g/mol. The predicted molar refractivity (Wildman–Crippen MR) is 70.4 cm³/mol. The summed E-state index contributed by atoms with van der Waals surface area (Å²) in [7, 11) is 0. The number of rotatable bonds is 5. The number of carboxylic acids is 1. The van der Waals surface area contributed by atoms with Crippen molar-refractivity contribution in [3.63, 3.8) is 0 Å². The van der Waals surface area contributed by atoms with Crippen LogP contribution in [0, 0.1) is 0 Å². The Morgan fingerprint density at radius 3 is 2.83 bits per heavy atom. The first-order chi connectivity index (χ1) is 8.46. The van der Waals surface area contributed by atoms with Crippen molar-refractivity contribution in [2.24, 2.45) is 0 Å². The molecule has 98 valence electrons. The van der Waals surface area contributed by atoms with Crippen molar-refractivity contribution >= 4 is 17.7 Å². The second-order valence-corrected chi connectivity index (χ2v) is 6.49. The third kappa shape index (κ3) is 3.32. The predicted octanol–water partition coefficient (Wildman–Crippen LogP) is 2.55. The zero-order valence-corrected chi connectivity index (χ0v) is 11.3. The number of carbonyl (C=O) groups is 1. The smallest absolute Gasteiger partial charge is 0.313 e. The molecule has 1 N–H and O–H groups in total. The average Bonchev–Trinajstić information content (AvgIpc) is 2.73. The molecule has 0 bridgehead atoms. The summed E-state index contributed by atoms with van der Waals surface area (Å²) in [6, 6.07) is 5.86. The van der Waals surface area contributed by atoms with Crippen LogP contribution in [0.5, 0.6) is 11.5 Å². The fourth-order valence-corrected chi connectivity index (χ4v) is 2.63. The summed E-state index contributed by atoms with van der Waals surface area (Å²) < 4.78 is 10.5.